The van der Waals surface area contributed by atoms with Gasteiger partial charge in [-0.25, -0.2) is 4.79 Å². The number of halogens is 2. The molecule has 0 N–H and O–H groups in total. The first-order valence-corrected chi connectivity index (χ1v) is 10.4. The lowest BCUT2D eigenvalue weighted by Gasteiger charge is -2.29. The number of amides is 1. The number of fused-ring (bicyclic) bond motifs is 1. The van der Waals surface area contributed by atoms with Crippen molar-refractivity contribution in [2.24, 2.45) is 0 Å². The second-order valence-electron chi connectivity index (χ2n) is 7.77. The zero-order chi connectivity index (χ0) is 22.8. The molecule has 2 aromatic rings. The standard InChI is InChI=1S/C20H26F2N6O4/c1-12-16(32-19(21)22)10-17(24-23-12)26(2)18-14-11-27(20(29)30-3)7-4-15(14)28(25-18)13-5-8-31-9-6-13/h10,13,19H,4-9,11H2,1-3H3. The highest BCUT2D eigenvalue weighted by Gasteiger charge is 2.32. The minimum atomic E-state index is -2.97. The predicted octanol–water partition coefficient (Wildman–Crippen LogP) is 2.83. The maximum Gasteiger partial charge on any atom is 0.409 e. The van der Waals surface area contributed by atoms with Crippen LogP contribution in [0.1, 0.15) is 35.8 Å². The predicted molar refractivity (Wildman–Crippen MR) is 109 cm³/mol. The van der Waals surface area contributed by atoms with E-state index in [1.54, 1.807) is 23.8 Å². The van der Waals surface area contributed by atoms with Crippen molar-refractivity contribution in [2.75, 3.05) is 38.8 Å². The lowest BCUT2D eigenvalue weighted by molar-refractivity contribution is -0.0506. The molecule has 0 saturated carbocycles. The molecule has 10 nitrogen and oxygen atoms in total. The van der Waals surface area contributed by atoms with Gasteiger partial charge in [0.2, 0.25) is 0 Å². The van der Waals surface area contributed by atoms with Crippen molar-refractivity contribution in [3.63, 3.8) is 0 Å². The van der Waals surface area contributed by atoms with Crippen molar-refractivity contribution in [2.45, 2.75) is 45.4 Å². The molecule has 2 aliphatic heterocycles. The molecule has 0 aliphatic carbocycles. The van der Waals surface area contributed by atoms with Gasteiger partial charge in [0.1, 0.15) is 5.69 Å². The molecule has 32 heavy (non-hydrogen) atoms. The van der Waals surface area contributed by atoms with Crippen LogP contribution in [0, 0.1) is 6.92 Å². The Hall–Kier alpha value is -3.02. The summed E-state index contributed by atoms with van der Waals surface area (Å²) in [5.41, 5.74) is 2.17. The molecule has 1 amide bonds. The van der Waals surface area contributed by atoms with E-state index in [1.165, 1.54) is 13.2 Å². The second kappa shape index (κ2) is 9.23. The molecular weight excluding hydrogens is 426 g/mol. The summed E-state index contributed by atoms with van der Waals surface area (Å²) in [4.78, 5) is 15.5. The highest BCUT2D eigenvalue weighted by Crippen LogP contribution is 2.36. The molecule has 0 spiro atoms. The summed E-state index contributed by atoms with van der Waals surface area (Å²) in [7, 11) is 3.09. The summed E-state index contributed by atoms with van der Waals surface area (Å²) in [5.74, 6) is 0.841. The van der Waals surface area contributed by atoms with Gasteiger partial charge in [-0.2, -0.15) is 13.9 Å². The lowest BCUT2D eigenvalue weighted by Crippen LogP contribution is -2.37. The van der Waals surface area contributed by atoms with Crippen molar-refractivity contribution in [3.8, 4) is 5.75 Å². The molecule has 4 rings (SSSR count). The van der Waals surface area contributed by atoms with Gasteiger partial charge >= 0.3 is 12.7 Å². The van der Waals surface area contributed by atoms with Gasteiger partial charge in [0.25, 0.3) is 0 Å². The van der Waals surface area contributed by atoms with Crippen LogP contribution in [0.25, 0.3) is 0 Å². The third-order valence-electron chi connectivity index (χ3n) is 5.83. The molecule has 12 heteroatoms. The van der Waals surface area contributed by atoms with Gasteiger partial charge in [-0.1, -0.05) is 0 Å². The third-order valence-corrected chi connectivity index (χ3v) is 5.83. The molecule has 2 aromatic heterocycles. The van der Waals surface area contributed by atoms with E-state index in [9.17, 15) is 13.6 Å². The Bertz CT molecular complexity index is 979. The van der Waals surface area contributed by atoms with Gasteiger partial charge in [-0.05, 0) is 19.8 Å². The van der Waals surface area contributed by atoms with Gasteiger partial charge in [-0.15, -0.1) is 10.2 Å². The first kappa shape index (κ1) is 22.2. The number of nitrogens with zero attached hydrogens (tertiary/aromatic N) is 6. The molecule has 0 bridgehead atoms. The van der Waals surface area contributed by atoms with Crippen LogP contribution >= 0.6 is 0 Å². The quantitative estimate of drug-likeness (QED) is 0.684. The van der Waals surface area contributed by atoms with E-state index < -0.39 is 12.7 Å². The van der Waals surface area contributed by atoms with Crippen LogP contribution < -0.4 is 9.64 Å². The highest BCUT2D eigenvalue weighted by molar-refractivity contribution is 5.69. The van der Waals surface area contributed by atoms with Crippen molar-refractivity contribution >= 4 is 17.7 Å². The zero-order valence-corrected chi connectivity index (χ0v) is 18.3. The highest BCUT2D eigenvalue weighted by atomic mass is 19.3. The Labute approximate surface area is 184 Å². The normalized spacial score (nSPS) is 16.8. The number of carbonyl (C=O) groups excluding carboxylic acids is 1. The molecule has 0 atom stereocenters. The van der Waals surface area contributed by atoms with E-state index >= 15 is 0 Å². The zero-order valence-electron chi connectivity index (χ0n) is 18.3. The summed E-state index contributed by atoms with van der Waals surface area (Å²) < 4.78 is 42.6. The number of carbonyl (C=O) groups is 1. The van der Waals surface area contributed by atoms with Gasteiger partial charge in [-0.3, -0.25) is 4.68 Å². The summed E-state index contributed by atoms with van der Waals surface area (Å²) in [5, 5.41) is 13.0. The topological polar surface area (TPSA) is 94.8 Å². The first-order chi connectivity index (χ1) is 15.4. The van der Waals surface area contributed by atoms with Crippen LogP contribution in [0.3, 0.4) is 0 Å². The molecule has 2 aliphatic rings. The number of aryl methyl sites for hydroxylation is 1. The van der Waals surface area contributed by atoms with Gasteiger partial charge in [0.15, 0.2) is 17.4 Å². The second-order valence-corrected chi connectivity index (χ2v) is 7.77. The van der Waals surface area contributed by atoms with Gasteiger partial charge < -0.3 is 24.0 Å². The van der Waals surface area contributed by atoms with Crippen LogP contribution in [0.5, 0.6) is 5.75 Å². The molecule has 0 unspecified atom stereocenters. The van der Waals surface area contributed by atoms with Crippen molar-refractivity contribution in [1.82, 2.24) is 24.9 Å². The van der Waals surface area contributed by atoms with E-state index in [0.29, 0.717) is 44.4 Å². The molecule has 174 valence electrons. The molecule has 1 fully saturated rings. The van der Waals surface area contributed by atoms with E-state index in [0.717, 1.165) is 24.1 Å². The van der Waals surface area contributed by atoms with E-state index in [1.807, 2.05) is 4.68 Å². The third kappa shape index (κ3) is 4.31. The van der Waals surface area contributed by atoms with Gasteiger partial charge in [0.05, 0.1) is 19.7 Å². The van der Waals surface area contributed by atoms with Crippen LogP contribution in [-0.4, -0.2) is 71.5 Å². The minimum Gasteiger partial charge on any atom is -0.453 e. The van der Waals surface area contributed by atoms with Crippen LogP contribution in [-0.2, 0) is 22.4 Å². The Morgan fingerprint density at radius 2 is 2.06 bits per heavy atom. The van der Waals surface area contributed by atoms with Crippen molar-refractivity contribution < 1.29 is 27.8 Å². The number of aromatic nitrogens is 4. The number of ether oxygens (including phenoxy) is 3. The number of anilines is 2. The number of alkyl halides is 2. The summed E-state index contributed by atoms with van der Waals surface area (Å²) in [6.45, 7) is 0.751. The van der Waals surface area contributed by atoms with Crippen LogP contribution in [0.15, 0.2) is 6.07 Å². The summed E-state index contributed by atoms with van der Waals surface area (Å²) >= 11 is 0. The largest absolute Gasteiger partial charge is 0.453 e. The molecule has 1 saturated heterocycles. The number of hydrogen-bond acceptors (Lipinski definition) is 8. The van der Waals surface area contributed by atoms with Crippen molar-refractivity contribution in [3.05, 3.63) is 23.0 Å². The Morgan fingerprint density at radius 1 is 1.31 bits per heavy atom. The Balaban J connectivity index is 1.73. The summed E-state index contributed by atoms with van der Waals surface area (Å²) in [6, 6.07) is 1.60. The average Bonchev–Trinajstić information content (AvgIpc) is 3.18. The van der Waals surface area contributed by atoms with E-state index in [2.05, 4.69) is 14.9 Å². The lowest BCUT2D eigenvalue weighted by atomic mass is 10.0. The number of methoxy groups -OCH3 is 1. The fraction of sp³-hybridized carbons (Fsp3) is 0.600. The molecular formula is C20H26F2N6O4. The number of hydrogen-bond donors (Lipinski definition) is 0. The fourth-order valence-electron chi connectivity index (χ4n) is 4.13. The van der Waals surface area contributed by atoms with E-state index in [4.69, 9.17) is 14.6 Å². The molecule has 0 aromatic carbocycles. The average molecular weight is 452 g/mol. The van der Waals surface area contributed by atoms with Gasteiger partial charge in [0, 0.05) is 50.6 Å². The first-order valence-electron chi connectivity index (χ1n) is 10.4. The van der Waals surface area contributed by atoms with Crippen molar-refractivity contribution in [1.29, 1.82) is 0 Å². The van der Waals surface area contributed by atoms with E-state index in [-0.39, 0.29) is 17.5 Å². The smallest absolute Gasteiger partial charge is 0.409 e. The summed E-state index contributed by atoms with van der Waals surface area (Å²) in [6.07, 6.45) is 1.90. The van der Waals surface area contributed by atoms with Crippen LogP contribution in [0.4, 0.5) is 25.2 Å². The maximum absolute atomic E-state index is 12.8. The Morgan fingerprint density at radius 3 is 2.75 bits per heavy atom. The van der Waals surface area contributed by atoms with Crippen LogP contribution in [0.2, 0.25) is 0 Å². The number of rotatable bonds is 5. The SMILES string of the molecule is COC(=O)N1CCc2c(c(N(C)c3cc(OC(F)F)c(C)nn3)nn2C2CCOCC2)C1. The molecule has 4 heterocycles. The monoisotopic (exact) mass is 452 g/mol. The minimum absolute atomic E-state index is 0.0502. The maximum atomic E-state index is 12.8. The Kier molecular flexibility index (Phi) is 6.40. The molecule has 0 radical (unpaired) electrons. The fourth-order valence-corrected chi connectivity index (χ4v) is 4.13.